The van der Waals surface area contributed by atoms with Gasteiger partial charge in [0.2, 0.25) is 5.95 Å². The van der Waals surface area contributed by atoms with Crippen molar-refractivity contribution >= 4 is 35.0 Å². The maximum atomic E-state index is 13.6. The molecule has 4 heterocycles. The van der Waals surface area contributed by atoms with Crippen LogP contribution < -0.4 is 4.90 Å². The first-order valence-electron chi connectivity index (χ1n) is 14.3. The molecule has 2 aromatic heterocycles. The number of amides is 2. The summed E-state index contributed by atoms with van der Waals surface area (Å²) in [5, 5.41) is 0.605. The molecule has 0 aliphatic carbocycles. The van der Waals surface area contributed by atoms with E-state index < -0.39 is 65.3 Å². The van der Waals surface area contributed by atoms with Crippen molar-refractivity contribution in [2.45, 2.75) is 104 Å². The van der Waals surface area contributed by atoms with Gasteiger partial charge in [-0.25, -0.2) is 19.0 Å². The first kappa shape index (κ1) is 31.5. The molecule has 5 rings (SSSR count). The zero-order valence-electron chi connectivity index (χ0n) is 26.2. The van der Waals surface area contributed by atoms with Crippen LogP contribution in [-0.4, -0.2) is 67.8 Å². The van der Waals surface area contributed by atoms with Crippen molar-refractivity contribution in [3.63, 3.8) is 0 Å². The van der Waals surface area contributed by atoms with Crippen molar-refractivity contribution < 1.29 is 42.5 Å². The Balaban J connectivity index is 1.57. The molecule has 0 saturated carbocycles. The summed E-state index contributed by atoms with van der Waals surface area (Å²) in [7, 11) is 0. The third-order valence-electron chi connectivity index (χ3n) is 6.79. The van der Waals surface area contributed by atoms with E-state index in [2.05, 4.69) is 9.97 Å². The molecule has 2 fully saturated rings. The van der Waals surface area contributed by atoms with Gasteiger partial charge in [-0.3, -0.25) is 4.79 Å². The third-order valence-corrected chi connectivity index (χ3v) is 6.79. The smallest absolute Gasteiger partial charge is 0.427 e. The van der Waals surface area contributed by atoms with Crippen LogP contribution in [0.1, 0.15) is 77.7 Å². The molecule has 2 amide bonds. The monoisotopic (exact) mass is 612 g/mol. The van der Waals surface area contributed by atoms with E-state index in [0.29, 0.717) is 21.6 Å². The number of nitrogens with zero attached hydrogens (tertiary/aromatic N) is 4. The number of imide groups is 1. The first-order chi connectivity index (χ1) is 20.3. The predicted molar refractivity (Wildman–Crippen MR) is 156 cm³/mol. The Hall–Kier alpha value is -3.94. The van der Waals surface area contributed by atoms with Crippen LogP contribution in [0.15, 0.2) is 36.5 Å². The zero-order valence-corrected chi connectivity index (χ0v) is 26.2. The molecule has 1 aromatic carbocycles. The van der Waals surface area contributed by atoms with Crippen LogP contribution >= 0.6 is 0 Å². The quantitative estimate of drug-likeness (QED) is 0.330. The SMILES string of the molecule is Cc1nc(N(C(=O)OC(C)(C)C)C(=O)OC(C)(C)C)nc2c1ccn2[C@@H]1OC(C(=O)c2ccc(F)cc2)[C@H]2OC(C)(C)OC21. The second-order valence-electron chi connectivity index (χ2n) is 13.2. The molecule has 3 aromatic rings. The van der Waals surface area contributed by atoms with Crippen molar-refractivity contribution in [3.05, 3.63) is 53.6 Å². The maximum Gasteiger partial charge on any atom is 0.427 e. The molecular formula is C31H37FN4O8. The minimum absolute atomic E-state index is 0.257. The number of aryl methyl sites for hydroxylation is 1. The molecule has 0 bridgehead atoms. The molecule has 0 spiro atoms. The standard InChI is InChI=1S/C31H37FN4O8/c1-16-19-14-15-35(24(19)34-26(33-16)36(27(38)43-29(2,3)4)28(39)44-30(5,6)7)25-23-22(41-31(8,9)42-23)21(40-25)20(37)17-10-12-18(32)13-11-17/h10-15,21-23,25H,1-9H3/t21?,22-,23?,25-/m1/s1. The number of hydrogen-bond donors (Lipinski definition) is 0. The molecule has 2 aliphatic heterocycles. The number of hydrogen-bond acceptors (Lipinski definition) is 10. The van der Waals surface area contributed by atoms with E-state index in [1.807, 2.05) is 0 Å². The Morgan fingerprint density at radius 1 is 0.909 bits per heavy atom. The average molecular weight is 613 g/mol. The van der Waals surface area contributed by atoms with E-state index in [9.17, 15) is 18.8 Å². The van der Waals surface area contributed by atoms with Gasteiger partial charge in [0.1, 0.15) is 34.9 Å². The van der Waals surface area contributed by atoms with E-state index in [1.54, 1.807) is 79.1 Å². The summed E-state index contributed by atoms with van der Waals surface area (Å²) >= 11 is 0. The Kier molecular flexibility index (Phi) is 7.80. The van der Waals surface area contributed by atoms with Gasteiger partial charge in [-0.1, -0.05) is 0 Å². The largest absolute Gasteiger partial charge is 0.443 e. The Morgan fingerprint density at radius 2 is 1.48 bits per heavy atom. The number of fused-ring (bicyclic) bond motifs is 2. The Morgan fingerprint density at radius 3 is 2.05 bits per heavy atom. The van der Waals surface area contributed by atoms with Crippen molar-refractivity contribution in [2.24, 2.45) is 0 Å². The number of rotatable bonds is 4. The maximum absolute atomic E-state index is 13.6. The highest BCUT2D eigenvalue weighted by Crippen LogP contribution is 2.45. The molecule has 2 aliphatic rings. The van der Waals surface area contributed by atoms with Gasteiger partial charge in [-0.2, -0.15) is 4.98 Å². The van der Waals surface area contributed by atoms with Crippen LogP contribution in [0, 0.1) is 12.7 Å². The molecule has 236 valence electrons. The van der Waals surface area contributed by atoms with Gasteiger partial charge in [0.15, 0.2) is 23.9 Å². The van der Waals surface area contributed by atoms with Gasteiger partial charge in [-0.05, 0) is 92.6 Å². The fourth-order valence-electron chi connectivity index (χ4n) is 5.12. The topological polar surface area (TPSA) is 131 Å². The van der Waals surface area contributed by atoms with Crippen LogP contribution in [0.5, 0.6) is 0 Å². The van der Waals surface area contributed by atoms with Crippen molar-refractivity contribution in [3.8, 4) is 0 Å². The second kappa shape index (κ2) is 10.9. The molecule has 0 N–H and O–H groups in total. The number of ether oxygens (including phenoxy) is 5. The summed E-state index contributed by atoms with van der Waals surface area (Å²) in [6.45, 7) is 15.2. The number of benzene rings is 1. The van der Waals surface area contributed by atoms with Crippen molar-refractivity contribution in [1.29, 1.82) is 0 Å². The summed E-state index contributed by atoms with van der Waals surface area (Å²) < 4.78 is 44.8. The molecule has 12 nitrogen and oxygen atoms in total. The van der Waals surface area contributed by atoms with Crippen LogP contribution in [0.2, 0.25) is 0 Å². The van der Waals surface area contributed by atoms with Gasteiger partial charge < -0.3 is 28.3 Å². The normalized spacial score (nSPS) is 23.0. The van der Waals surface area contributed by atoms with Crippen LogP contribution in [0.3, 0.4) is 0 Å². The molecule has 13 heteroatoms. The zero-order chi connectivity index (χ0) is 32.4. The van der Waals surface area contributed by atoms with Gasteiger partial charge in [0, 0.05) is 17.1 Å². The minimum Gasteiger partial charge on any atom is -0.443 e. The van der Waals surface area contributed by atoms with Crippen molar-refractivity contribution in [2.75, 3.05) is 4.90 Å². The Bertz CT molecular complexity index is 1580. The van der Waals surface area contributed by atoms with E-state index in [4.69, 9.17) is 23.7 Å². The fourth-order valence-corrected chi connectivity index (χ4v) is 5.12. The van der Waals surface area contributed by atoms with Crippen molar-refractivity contribution in [1.82, 2.24) is 14.5 Å². The highest BCUT2D eigenvalue weighted by molar-refractivity contribution is 6.08. The molecule has 4 atom stereocenters. The Labute approximate surface area is 254 Å². The molecule has 2 saturated heterocycles. The summed E-state index contributed by atoms with van der Waals surface area (Å²) in [5.41, 5.74) is -0.841. The van der Waals surface area contributed by atoms with E-state index in [-0.39, 0.29) is 11.5 Å². The van der Waals surface area contributed by atoms with E-state index >= 15 is 0 Å². The summed E-state index contributed by atoms with van der Waals surface area (Å²) in [6.07, 6.45) is -3.82. The lowest BCUT2D eigenvalue weighted by Crippen LogP contribution is -2.44. The third kappa shape index (κ3) is 6.30. The number of Topliss-reactive ketones (excluding diaryl/α,β-unsaturated/α-hetero) is 1. The molecule has 2 unspecified atom stereocenters. The molecule has 0 radical (unpaired) electrons. The summed E-state index contributed by atoms with van der Waals surface area (Å²) in [4.78, 5) is 49.8. The summed E-state index contributed by atoms with van der Waals surface area (Å²) in [5.74, 6) is -2.16. The van der Waals surface area contributed by atoms with Crippen LogP contribution in [0.25, 0.3) is 11.0 Å². The lowest BCUT2D eigenvalue weighted by Gasteiger charge is -2.28. The highest BCUT2D eigenvalue weighted by atomic mass is 19.1. The van der Waals surface area contributed by atoms with Gasteiger partial charge >= 0.3 is 12.2 Å². The summed E-state index contributed by atoms with van der Waals surface area (Å²) in [6, 6.07) is 6.94. The number of carbonyl (C=O) groups excluding carboxylic acids is 3. The average Bonchev–Trinajstić information content (AvgIpc) is 3.52. The second-order valence-corrected chi connectivity index (χ2v) is 13.2. The van der Waals surface area contributed by atoms with E-state index in [1.165, 1.54) is 24.3 Å². The lowest BCUT2D eigenvalue weighted by molar-refractivity contribution is -0.190. The number of carbonyl (C=O) groups is 3. The number of anilines is 1. The van der Waals surface area contributed by atoms with E-state index in [0.717, 1.165) is 0 Å². The number of aromatic nitrogens is 3. The number of halogens is 1. The van der Waals surface area contributed by atoms with Crippen LogP contribution in [-0.2, 0) is 23.7 Å². The van der Waals surface area contributed by atoms with Gasteiger partial charge in [0.25, 0.3) is 0 Å². The predicted octanol–water partition coefficient (Wildman–Crippen LogP) is 5.86. The fraction of sp³-hybridized carbons (Fsp3) is 0.516. The number of ketones is 1. The minimum atomic E-state index is -1.07. The van der Waals surface area contributed by atoms with Crippen LogP contribution in [0.4, 0.5) is 19.9 Å². The van der Waals surface area contributed by atoms with Gasteiger partial charge in [0.05, 0.1) is 5.69 Å². The van der Waals surface area contributed by atoms with Gasteiger partial charge in [-0.15, -0.1) is 4.90 Å². The first-order valence-corrected chi connectivity index (χ1v) is 14.3. The highest BCUT2D eigenvalue weighted by Gasteiger charge is 2.58. The molecule has 44 heavy (non-hydrogen) atoms. The molecular weight excluding hydrogens is 575 g/mol. The lowest BCUT2D eigenvalue weighted by atomic mass is 10.0.